The molecule has 0 aliphatic heterocycles. The van der Waals surface area contributed by atoms with E-state index in [9.17, 15) is 60.7 Å². The van der Waals surface area contributed by atoms with Crippen LogP contribution in [0.4, 0.5) is 0 Å². The van der Waals surface area contributed by atoms with Crippen molar-refractivity contribution in [1.29, 1.82) is 0 Å². The van der Waals surface area contributed by atoms with E-state index in [2.05, 4.69) is 93.2 Å². The zero-order valence-corrected chi connectivity index (χ0v) is 41.2. The Labute approximate surface area is 380 Å². The minimum absolute atomic E-state index is 0.138. The molecule has 4 N–H and O–H groups in total. The summed E-state index contributed by atoms with van der Waals surface area (Å²) in [6.07, 6.45) is 0. The fourth-order valence-electron chi connectivity index (χ4n) is 3.77. The van der Waals surface area contributed by atoms with E-state index in [1.165, 1.54) is 24.3 Å². The second-order valence-electron chi connectivity index (χ2n) is 10.9. The van der Waals surface area contributed by atoms with Crippen molar-refractivity contribution in [1.82, 2.24) is 0 Å². The van der Waals surface area contributed by atoms with Crippen LogP contribution in [0.2, 0.25) is 10.0 Å². The molecule has 4 aromatic rings. The molecule has 32 heteroatoms. The summed E-state index contributed by atoms with van der Waals surface area (Å²) >= 11 is 24.9. The summed E-state index contributed by atoms with van der Waals surface area (Å²) in [7, 11) is -33.5. The van der Waals surface area contributed by atoms with Crippen LogP contribution in [-0.2, 0) is 70.1 Å². The van der Waals surface area contributed by atoms with E-state index in [0.29, 0.717) is 8.95 Å². The van der Waals surface area contributed by atoms with Gasteiger partial charge in [-0.3, -0.25) is 9.11 Å². The van der Waals surface area contributed by atoms with E-state index in [1.54, 1.807) is 12.1 Å². The van der Waals surface area contributed by atoms with Crippen LogP contribution in [0, 0.1) is 0 Å². The van der Waals surface area contributed by atoms with Gasteiger partial charge in [-0.2, -0.15) is 50.5 Å². The molecule has 0 bridgehead atoms. The lowest BCUT2D eigenvalue weighted by molar-refractivity contribution is 0.382. The minimum Gasteiger partial charge on any atom is -0.508 e. The highest BCUT2D eigenvalue weighted by molar-refractivity contribution is 9.14. The molecule has 0 atom stereocenters. The van der Waals surface area contributed by atoms with Gasteiger partial charge in [0.15, 0.2) is 0 Å². The molecule has 0 radical (unpaired) electrons. The first kappa shape index (κ1) is 53.3. The number of phenolic OH excluding ortho intramolecular Hbond substituents is 2. The number of benzene rings is 4. The molecule has 0 spiro atoms. The van der Waals surface area contributed by atoms with Crippen LogP contribution in [-0.4, -0.2) is 69.8 Å². The van der Waals surface area contributed by atoms with Crippen LogP contribution in [0.3, 0.4) is 0 Å². The van der Waals surface area contributed by atoms with Gasteiger partial charge in [0.1, 0.15) is 23.0 Å². The van der Waals surface area contributed by atoms with Crippen LogP contribution in [0.15, 0.2) is 90.7 Å². The zero-order chi connectivity index (χ0) is 45.7. The second-order valence-corrected chi connectivity index (χ2v) is 26.2. The normalized spacial score (nSPS) is 12.6. The Balaban J connectivity index is 0.000000306. The van der Waals surface area contributed by atoms with E-state index in [-0.39, 0.29) is 27.0 Å². The van der Waals surface area contributed by atoms with Crippen molar-refractivity contribution in [2.45, 2.75) is 19.3 Å². The average Bonchev–Trinajstić information content (AvgIpc) is 3.07. The standard InChI is InChI=1S/C15H12Br4O2.2C6H5ClO9S3/c1-15(2,7-3-5-8(20)6-4-7)9-10(16)12(18)14(21)13(19)11(9)17;2*7-5-1-3-6(4-2-5)15-18(11,12)19(13,14)16-17(8,9)10/h3-6,20-21H,1-2H3;2*1-4H,(H,8,9,10). The Bertz CT molecular complexity index is 2700. The van der Waals surface area contributed by atoms with Crippen molar-refractivity contribution in [3.8, 4) is 23.0 Å². The van der Waals surface area contributed by atoms with Gasteiger partial charge in [-0.1, -0.05) is 49.2 Å². The molecule has 0 unspecified atom stereocenters. The lowest BCUT2D eigenvalue weighted by Crippen LogP contribution is -2.25. The van der Waals surface area contributed by atoms with Crippen molar-refractivity contribution in [2.24, 2.45) is 0 Å². The summed E-state index contributed by atoms with van der Waals surface area (Å²) in [5, 5.41) is 20.0. The van der Waals surface area contributed by atoms with Gasteiger partial charge in [0.2, 0.25) is 0 Å². The maximum atomic E-state index is 11.2. The quantitative estimate of drug-likeness (QED) is 0.0651. The van der Waals surface area contributed by atoms with Crippen molar-refractivity contribution in [3.05, 3.63) is 112 Å². The molecular formula is C27H22Br4Cl2O20S6. The fraction of sp³-hybridized carbons (Fsp3) is 0.111. The van der Waals surface area contributed by atoms with Gasteiger partial charge in [0, 0.05) is 24.4 Å². The van der Waals surface area contributed by atoms with Gasteiger partial charge in [-0.05, 0) is 136 Å². The predicted octanol–water partition coefficient (Wildman–Crippen LogP) is 6.70. The number of hydrogen-bond acceptors (Lipinski definition) is 18. The van der Waals surface area contributed by atoms with Crippen molar-refractivity contribution in [3.63, 3.8) is 0 Å². The highest BCUT2D eigenvalue weighted by Crippen LogP contribution is 2.51. The van der Waals surface area contributed by atoms with Gasteiger partial charge >= 0.3 is 57.4 Å². The molecule has 4 aromatic carbocycles. The van der Waals surface area contributed by atoms with Crippen LogP contribution in [0.5, 0.6) is 23.0 Å². The maximum Gasteiger partial charge on any atom is 0.445 e. The smallest absolute Gasteiger partial charge is 0.445 e. The van der Waals surface area contributed by atoms with E-state index in [4.69, 9.17) is 32.3 Å². The molecule has 0 heterocycles. The monoisotopic (exact) mass is 1240 g/mol. The Hall–Kier alpha value is -1.88. The van der Waals surface area contributed by atoms with Crippen LogP contribution < -0.4 is 8.37 Å². The SMILES string of the molecule is CC(C)(c1ccc(O)cc1)c1c(Br)c(Br)c(O)c(Br)c1Br.O=S(=O)(O)OS(=O)(=O)S(=O)(=O)Oc1ccc(Cl)cc1.O=S(=O)(O)OS(=O)(=O)S(=O)(=O)Oc1ccc(Cl)cc1. The third kappa shape index (κ3) is 15.2. The Morgan fingerprint density at radius 1 is 0.492 bits per heavy atom. The van der Waals surface area contributed by atoms with Crippen molar-refractivity contribution < 1.29 is 85.5 Å². The van der Waals surface area contributed by atoms with Gasteiger partial charge in [-0.25, -0.2) is 0 Å². The molecule has 0 saturated carbocycles. The van der Waals surface area contributed by atoms with Gasteiger partial charge in [0.25, 0.3) is 0 Å². The lowest BCUT2D eigenvalue weighted by Gasteiger charge is -2.30. The van der Waals surface area contributed by atoms with E-state index in [1.807, 2.05) is 12.1 Å². The molecular weight excluding hydrogens is 1230 g/mol. The second kappa shape index (κ2) is 20.1. The number of hydrogen-bond donors (Lipinski definition) is 4. The van der Waals surface area contributed by atoms with E-state index >= 15 is 0 Å². The number of halogens is 6. The molecule has 0 fully saturated rings. The maximum absolute atomic E-state index is 11.2. The molecule has 4 rings (SSSR count). The number of rotatable bonds is 12. The Kier molecular flexibility index (Phi) is 18.1. The average molecular weight is 1250 g/mol. The largest absolute Gasteiger partial charge is 0.508 e. The molecule has 328 valence electrons. The number of phenols is 2. The van der Waals surface area contributed by atoms with Gasteiger partial charge in [-0.15, -0.1) is 7.26 Å². The zero-order valence-electron chi connectivity index (χ0n) is 28.5. The molecule has 0 saturated heterocycles. The van der Waals surface area contributed by atoms with Gasteiger partial charge in [0.05, 0.1) is 8.95 Å². The summed E-state index contributed by atoms with van der Waals surface area (Å²) in [6.45, 7) is 4.17. The lowest BCUT2D eigenvalue weighted by atomic mass is 9.78. The third-order valence-electron chi connectivity index (χ3n) is 6.32. The van der Waals surface area contributed by atoms with E-state index in [0.717, 1.165) is 44.3 Å². The van der Waals surface area contributed by atoms with Crippen LogP contribution in [0.25, 0.3) is 0 Å². The molecule has 0 aliphatic rings. The first-order chi connectivity index (χ1) is 26.5. The first-order valence-electron chi connectivity index (χ1n) is 14.2. The number of aromatic hydroxyl groups is 2. The topological polar surface area (TPSA) is 323 Å². The summed E-state index contributed by atoms with van der Waals surface area (Å²) in [6, 6.07) is 16.0. The summed E-state index contributed by atoms with van der Waals surface area (Å²) in [5.41, 5.74) is 1.69. The molecule has 0 aromatic heterocycles. The predicted molar refractivity (Wildman–Crippen MR) is 224 cm³/mol. The van der Waals surface area contributed by atoms with Crippen molar-refractivity contribution in [2.75, 3.05) is 0 Å². The molecule has 0 amide bonds. The van der Waals surface area contributed by atoms with Crippen molar-refractivity contribution >= 4 is 144 Å². The van der Waals surface area contributed by atoms with Gasteiger partial charge < -0.3 is 18.6 Å². The first-order valence-corrected chi connectivity index (χ1v) is 27.5. The highest BCUT2D eigenvalue weighted by Gasteiger charge is 2.39. The van der Waals surface area contributed by atoms with E-state index < -0.39 is 68.9 Å². The Morgan fingerprint density at radius 2 is 0.797 bits per heavy atom. The Morgan fingerprint density at radius 3 is 1.08 bits per heavy atom. The minimum atomic E-state index is -5.75. The summed E-state index contributed by atoms with van der Waals surface area (Å²) in [5.74, 6) is -0.529. The fourth-order valence-corrected chi connectivity index (χ4v) is 13.7. The molecule has 20 nitrogen and oxygen atoms in total. The highest BCUT2D eigenvalue weighted by atomic mass is 79.9. The molecule has 59 heavy (non-hydrogen) atoms. The molecule has 0 aliphatic carbocycles. The third-order valence-corrected chi connectivity index (χ3v) is 19.9. The van der Waals surface area contributed by atoms with Crippen LogP contribution in [0.1, 0.15) is 25.0 Å². The van der Waals surface area contributed by atoms with Crippen LogP contribution >= 0.6 is 86.9 Å². The summed E-state index contributed by atoms with van der Waals surface area (Å²) in [4.78, 5) is 0. The summed E-state index contributed by atoms with van der Waals surface area (Å²) < 4.78 is 163.